The van der Waals surface area contributed by atoms with E-state index in [1.807, 2.05) is 72.4 Å². The average molecular weight is 467 g/mol. The standard InChI is InChI=1S/C27H26N6O2/c1-31-22-10-6-5-9-21(22)29-25(31)14-16-35-24-18-32(17-19-11-12-19)30-26(27(24)34)23-13-15-28-33(23)20-7-3-2-4-8-20/h2-10,13,15,18-19H,11-12,14,16-17H2,1H3. The molecule has 0 radical (unpaired) electrons. The van der Waals surface area contributed by atoms with E-state index in [2.05, 4.69) is 9.67 Å². The van der Waals surface area contributed by atoms with Crippen molar-refractivity contribution < 1.29 is 4.74 Å². The van der Waals surface area contributed by atoms with Crippen molar-refractivity contribution in [1.29, 1.82) is 0 Å². The average Bonchev–Trinajstić information content (AvgIpc) is 3.46. The first-order valence-electron chi connectivity index (χ1n) is 11.9. The second-order valence-electron chi connectivity index (χ2n) is 8.97. The number of nitrogens with zero attached hydrogens (tertiary/aromatic N) is 6. The number of para-hydroxylation sites is 3. The number of benzene rings is 2. The Kier molecular flexibility index (Phi) is 5.41. The first-order chi connectivity index (χ1) is 17.2. The van der Waals surface area contributed by atoms with Gasteiger partial charge in [0, 0.05) is 20.0 Å². The van der Waals surface area contributed by atoms with Crippen molar-refractivity contribution in [3.05, 3.63) is 89.1 Å². The zero-order chi connectivity index (χ0) is 23.8. The van der Waals surface area contributed by atoms with Crippen LogP contribution in [0.4, 0.5) is 0 Å². The van der Waals surface area contributed by atoms with Crippen molar-refractivity contribution in [2.24, 2.45) is 13.0 Å². The number of fused-ring (bicyclic) bond motifs is 1. The third kappa shape index (κ3) is 4.23. The molecular weight excluding hydrogens is 440 g/mol. The lowest BCUT2D eigenvalue weighted by Gasteiger charge is -2.13. The smallest absolute Gasteiger partial charge is 0.251 e. The summed E-state index contributed by atoms with van der Waals surface area (Å²) in [7, 11) is 2.00. The fourth-order valence-corrected chi connectivity index (χ4v) is 4.37. The molecule has 5 aromatic rings. The molecule has 3 heterocycles. The van der Waals surface area contributed by atoms with Gasteiger partial charge in [-0.1, -0.05) is 30.3 Å². The van der Waals surface area contributed by atoms with Crippen molar-refractivity contribution >= 4 is 11.0 Å². The van der Waals surface area contributed by atoms with Crippen LogP contribution in [0.1, 0.15) is 18.7 Å². The van der Waals surface area contributed by atoms with Crippen LogP contribution in [0.3, 0.4) is 0 Å². The highest BCUT2D eigenvalue weighted by Gasteiger charge is 2.24. The Morgan fingerprint density at radius 3 is 2.63 bits per heavy atom. The van der Waals surface area contributed by atoms with Gasteiger partial charge in [0.2, 0.25) is 0 Å². The van der Waals surface area contributed by atoms with E-state index in [-0.39, 0.29) is 5.43 Å². The number of rotatable bonds is 8. The van der Waals surface area contributed by atoms with Gasteiger partial charge in [-0.3, -0.25) is 9.48 Å². The molecule has 8 nitrogen and oxygen atoms in total. The van der Waals surface area contributed by atoms with Gasteiger partial charge in [-0.15, -0.1) is 0 Å². The summed E-state index contributed by atoms with van der Waals surface area (Å²) in [6.07, 6.45) is 6.39. The lowest BCUT2D eigenvalue weighted by Crippen LogP contribution is -2.20. The third-order valence-corrected chi connectivity index (χ3v) is 6.42. The summed E-state index contributed by atoms with van der Waals surface area (Å²) in [5, 5.41) is 9.14. The number of imidazole rings is 1. The van der Waals surface area contributed by atoms with Gasteiger partial charge in [-0.05, 0) is 49.1 Å². The molecule has 35 heavy (non-hydrogen) atoms. The van der Waals surface area contributed by atoms with E-state index < -0.39 is 0 Å². The third-order valence-electron chi connectivity index (χ3n) is 6.42. The topological polar surface area (TPSA) is 79.8 Å². The maximum Gasteiger partial charge on any atom is 0.251 e. The zero-order valence-electron chi connectivity index (χ0n) is 19.5. The predicted octanol–water partition coefficient (Wildman–Crippen LogP) is 4.01. The summed E-state index contributed by atoms with van der Waals surface area (Å²) in [5.41, 5.74) is 3.65. The van der Waals surface area contributed by atoms with E-state index in [9.17, 15) is 4.79 Å². The molecule has 176 valence electrons. The molecule has 0 N–H and O–H groups in total. The van der Waals surface area contributed by atoms with Crippen LogP contribution in [0, 0.1) is 5.92 Å². The molecule has 6 rings (SSSR count). The van der Waals surface area contributed by atoms with Crippen LogP contribution in [0.15, 0.2) is 77.9 Å². The minimum Gasteiger partial charge on any atom is -0.487 e. The fraction of sp³-hybridized carbons (Fsp3) is 0.259. The SMILES string of the molecule is Cn1c(CCOc2cn(CC3CC3)nc(-c3ccnn3-c3ccccc3)c2=O)nc2ccccc21. The molecule has 0 spiro atoms. The monoisotopic (exact) mass is 466 g/mol. The quantitative estimate of drug-likeness (QED) is 0.345. The summed E-state index contributed by atoms with van der Waals surface area (Å²) in [4.78, 5) is 18.2. The number of aryl methyl sites for hydroxylation is 1. The molecule has 1 saturated carbocycles. The van der Waals surface area contributed by atoms with Crippen LogP contribution in [0.25, 0.3) is 28.1 Å². The molecule has 2 aromatic carbocycles. The Labute approximate surface area is 202 Å². The normalized spacial score (nSPS) is 13.4. The van der Waals surface area contributed by atoms with E-state index in [1.165, 1.54) is 12.8 Å². The van der Waals surface area contributed by atoms with Crippen molar-refractivity contribution in [2.75, 3.05) is 6.61 Å². The van der Waals surface area contributed by atoms with E-state index in [0.717, 1.165) is 29.1 Å². The highest BCUT2D eigenvalue weighted by atomic mass is 16.5. The number of hydrogen-bond acceptors (Lipinski definition) is 5. The summed E-state index contributed by atoms with van der Waals surface area (Å²) in [6, 6.07) is 19.6. The van der Waals surface area contributed by atoms with Crippen molar-refractivity contribution in [3.8, 4) is 22.8 Å². The molecule has 0 aliphatic heterocycles. The largest absolute Gasteiger partial charge is 0.487 e. The van der Waals surface area contributed by atoms with Crippen LogP contribution in [0.2, 0.25) is 0 Å². The minimum absolute atomic E-state index is 0.236. The Morgan fingerprint density at radius 1 is 1.03 bits per heavy atom. The van der Waals surface area contributed by atoms with Gasteiger partial charge in [0.1, 0.15) is 5.82 Å². The maximum atomic E-state index is 13.5. The van der Waals surface area contributed by atoms with Crippen LogP contribution in [-0.2, 0) is 20.0 Å². The van der Waals surface area contributed by atoms with Gasteiger partial charge in [0.25, 0.3) is 5.43 Å². The molecule has 8 heteroatoms. The van der Waals surface area contributed by atoms with Gasteiger partial charge < -0.3 is 9.30 Å². The Morgan fingerprint density at radius 2 is 1.83 bits per heavy atom. The Hall–Kier alpha value is -4.20. The molecule has 0 atom stereocenters. The van der Waals surface area contributed by atoms with E-state index in [0.29, 0.717) is 36.1 Å². The second-order valence-corrected chi connectivity index (χ2v) is 8.97. The first kappa shape index (κ1) is 21.3. The van der Waals surface area contributed by atoms with Crippen LogP contribution >= 0.6 is 0 Å². The number of hydrogen-bond donors (Lipinski definition) is 0. The van der Waals surface area contributed by atoms with E-state index >= 15 is 0 Å². The molecule has 1 aliphatic carbocycles. The highest BCUT2D eigenvalue weighted by Crippen LogP contribution is 2.31. The van der Waals surface area contributed by atoms with Gasteiger partial charge in [-0.25, -0.2) is 9.67 Å². The van der Waals surface area contributed by atoms with Gasteiger partial charge >= 0.3 is 0 Å². The lowest BCUT2D eigenvalue weighted by molar-refractivity contribution is 0.309. The van der Waals surface area contributed by atoms with Crippen molar-refractivity contribution in [2.45, 2.75) is 25.8 Å². The Balaban J connectivity index is 1.31. The number of ether oxygens (including phenoxy) is 1. The molecule has 1 fully saturated rings. The van der Waals surface area contributed by atoms with E-state index in [4.69, 9.17) is 14.8 Å². The van der Waals surface area contributed by atoms with Crippen LogP contribution < -0.4 is 10.2 Å². The summed E-state index contributed by atoms with van der Waals surface area (Å²) < 4.78 is 11.7. The molecule has 0 bridgehead atoms. The predicted molar refractivity (Wildman–Crippen MR) is 134 cm³/mol. The Bertz CT molecular complexity index is 1550. The minimum atomic E-state index is -0.236. The zero-order valence-corrected chi connectivity index (χ0v) is 19.5. The molecule has 0 unspecified atom stereocenters. The van der Waals surface area contributed by atoms with Gasteiger partial charge in [0.15, 0.2) is 11.4 Å². The van der Waals surface area contributed by atoms with Crippen LogP contribution in [-0.4, -0.2) is 35.7 Å². The highest BCUT2D eigenvalue weighted by molar-refractivity contribution is 5.75. The summed E-state index contributed by atoms with van der Waals surface area (Å²) >= 11 is 0. The molecule has 3 aromatic heterocycles. The van der Waals surface area contributed by atoms with Gasteiger partial charge in [-0.2, -0.15) is 10.2 Å². The van der Waals surface area contributed by atoms with E-state index in [1.54, 1.807) is 17.1 Å². The summed E-state index contributed by atoms with van der Waals surface area (Å²) in [6.45, 7) is 1.12. The molecule has 0 saturated heterocycles. The lowest BCUT2D eigenvalue weighted by atomic mass is 10.2. The summed E-state index contributed by atoms with van der Waals surface area (Å²) in [5.74, 6) is 1.82. The molecule has 0 amide bonds. The first-order valence-corrected chi connectivity index (χ1v) is 11.9. The molecular formula is C27H26N6O2. The fourth-order valence-electron chi connectivity index (χ4n) is 4.37. The maximum absolute atomic E-state index is 13.5. The van der Waals surface area contributed by atoms with Crippen LogP contribution in [0.5, 0.6) is 5.75 Å². The number of aromatic nitrogens is 6. The molecule has 1 aliphatic rings. The second kappa shape index (κ2) is 8.87. The van der Waals surface area contributed by atoms with Crippen molar-refractivity contribution in [3.63, 3.8) is 0 Å². The van der Waals surface area contributed by atoms with Gasteiger partial charge in [0.05, 0.1) is 41.4 Å². The van der Waals surface area contributed by atoms with Crippen molar-refractivity contribution in [1.82, 2.24) is 29.1 Å².